The molecular formula is C18H23N3O. The second-order valence-electron chi connectivity index (χ2n) is 6.86. The van der Waals surface area contributed by atoms with Gasteiger partial charge in [0.2, 0.25) is 5.91 Å². The van der Waals surface area contributed by atoms with Crippen molar-refractivity contribution in [1.29, 1.82) is 0 Å². The van der Waals surface area contributed by atoms with E-state index in [1.54, 1.807) is 10.9 Å². The lowest BCUT2D eigenvalue weighted by Gasteiger charge is -2.43. The van der Waals surface area contributed by atoms with Gasteiger partial charge in [-0.15, -0.1) is 0 Å². The van der Waals surface area contributed by atoms with E-state index < -0.39 is 0 Å². The van der Waals surface area contributed by atoms with Crippen molar-refractivity contribution in [3.05, 3.63) is 52.8 Å². The Balaban J connectivity index is 1.86. The molecule has 0 unspecified atom stereocenters. The van der Waals surface area contributed by atoms with Gasteiger partial charge in [0.05, 0.1) is 6.42 Å². The largest absolute Gasteiger partial charge is 0.333 e. The molecule has 0 atom stereocenters. The molecule has 2 heterocycles. The molecule has 4 heteroatoms. The molecule has 2 aromatic rings. The summed E-state index contributed by atoms with van der Waals surface area (Å²) >= 11 is 0. The van der Waals surface area contributed by atoms with Crippen LogP contribution in [0.15, 0.2) is 30.5 Å². The smallest absolute Gasteiger partial charge is 0.229 e. The summed E-state index contributed by atoms with van der Waals surface area (Å²) in [6.07, 6.45) is 3.05. The number of carbonyl (C=O) groups is 1. The van der Waals surface area contributed by atoms with Crippen molar-refractivity contribution in [3.8, 4) is 0 Å². The number of amides is 1. The van der Waals surface area contributed by atoms with Crippen LogP contribution in [0.5, 0.6) is 0 Å². The van der Waals surface area contributed by atoms with Crippen molar-refractivity contribution in [1.82, 2.24) is 14.7 Å². The molecule has 0 saturated heterocycles. The van der Waals surface area contributed by atoms with Gasteiger partial charge in [-0.1, -0.05) is 23.8 Å². The monoisotopic (exact) mass is 297 g/mol. The average Bonchev–Trinajstić information content (AvgIpc) is 2.83. The summed E-state index contributed by atoms with van der Waals surface area (Å²) in [6.45, 7) is 7.09. The SMILES string of the molecule is Cc1ccc2c(c1)CN(C(=O)Cc1ccnn1C)C(C)(C)C2. The van der Waals surface area contributed by atoms with Gasteiger partial charge in [-0.2, -0.15) is 5.10 Å². The topological polar surface area (TPSA) is 38.1 Å². The second-order valence-corrected chi connectivity index (χ2v) is 6.86. The van der Waals surface area contributed by atoms with E-state index in [4.69, 9.17) is 0 Å². The molecule has 0 saturated carbocycles. The van der Waals surface area contributed by atoms with Crippen molar-refractivity contribution < 1.29 is 4.79 Å². The fourth-order valence-electron chi connectivity index (χ4n) is 3.27. The Morgan fingerprint density at radius 3 is 2.73 bits per heavy atom. The number of hydrogen-bond acceptors (Lipinski definition) is 2. The predicted octanol–water partition coefficient (Wildman–Crippen LogP) is 2.63. The maximum atomic E-state index is 12.8. The van der Waals surface area contributed by atoms with Gasteiger partial charge >= 0.3 is 0 Å². The fourth-order valence-corrected chi connectivity index (χ4v) is 3.27. The molecule has 0 aliphatic carbocycles. The minimum absolute atomic E-state index is 0.155. The van der Waals surface area contributed by atoms with Crippen LogP contribution < -0.4 is 0 Å². The van der Waals surface area contributed by atoms with Gasteiger partial charge in [0.25, 0.3) is 0 Å². The van der Waals surface area contributed by atoms with Crippen molar-refractivity contribution in [3.63, 3.8) is 0 Å². The first-order valence-corrected chi connectivity index (χ1v) is 7.72. The lowest BCUT2D eigenvalue weighted by Crippen LogP contribution is -2.52. The van der Waals surface area contributed by atoms with Crippen LogP contribution in [0, 0.1) is 6.92 Å². The van der Waals surface area contributed by atoms with E-state index in [0.29, 0.717) is 13.0 Å². The van der Waals surface area contributed by atoms with Crippen molar-refractivity contribution in [2.24, 2.45) is 7.05 Å². The molecule has 1 aliphatic heterocycles. The summed E-state index contributed by atoms with van der Waals surface area (Å²) in [6, 6.07) is 8.47. The summed E-state index contributed by atoms with van der Waals surface area (Å²) in [7, 11) is 1.88. The molecule has 0 N–H and O–H groups in total. The highest BCUT2D eigenvalue weighted by Gasteiger charge is 2.35. The Kier molecular flexibility index (Phi) is 3.55. The van der Waals surface area contributed by atoms with Gasteiger partial charge in [-0.3, -0.25) is 9.48 Å². The first kappa shape index (κ1) is 14.8. The van der Waals surface area contributed by atoms with E-state index in [-0.39, 0.29) is 11.4 Å². The summed E-state index contributed by atoms with van der Waals surface area (Å²) in [5, 5.41) is 4.14. The van der Waals surface area contributed by atoms with Gasteiger partial charge in [0.1, 0.15) is 0 Å². The maximum Gasteiger partial charge on any atom is 0.229 e. The molecule has 0 radical (unpaired) electrons. The molecular weight excluding hydrogens is 274 g/mol. The summed E-state index contributed by atoms with van der Waals surface area (Å²) in [5.41, 5.74) is 4.68. The highest BCUT2D eigenvalue weighted by Crippen LogP contribution is 2.31. The normalized spacial score (nSPS) is 16.5. The van der Waals surface area contributed by atoms with E-state index in [1.807, 2.05) is 18.0 Å². The van der Waals surface area contributed by atoms with Gasteiger partial charge in [-0.05, 0) is 44.4 Å². The molecule has 0 fully saturated rings. The van der Waals surface area contributed by atoms with Crippen molar-refractivity contribution in [2.75, 3.05) is 0 Å². The van der Waals surface area contributed by atoms with Gasteiger partial charge in [-0.25, -0.2) is 0 Å². The van der Waals surface area contributed by atoms with Crippen molar-refractivity contribution >= 4 is 5.91 Å². The van der Waals surface area contributed by atoms with E-state index >= 15 is 0 Å². The van der Waals surface area contributed by atoms with Crippen LogP contribution in [-0.4, -0.2) is 26.1 Å². The number of aryl methyl sites for hydroxylation is 2. The molecule has 0 spiro atoms. The summed E-state index contributed by atoms with van der Waals surface area (Å²) in [5.74, 6) is 0.167. The van der Waals surface area contributed by atoms with E-state index in [1.165, 1.54) is 16.7 Å². The lowest BCUT2D eigenvalue weighted by atomic mass is 9.84. The Morgan fingerprint density at radius 2 is 2.05 bits per heavy atom. The maximum absolute atomic E-state index is 12.8. The average molecular weight is 297 g/mol. The standard InChI is InChI=1S/C18H23N3O/c1-13-5-6-14-11-18(2,3)21(12-15(14)9-13)17(22)10-16-7-8-19-20(16)4/h5-9H,10-12H2,1-4H3. The quantitative estimate of drug-likeness (QED) is 0.854. The molecule has 0 bridgehead atoms. The Bertz CT molecular complexity index is 715. The van der Waals surface area contributed by atoms with Crippen LogP contribution in [0.3, 0.4) is 0 Å². The Hall–Kier alpha value is -2.10. The number of benzene rings is 1. The number of rotatable bonds is 2. The van der Waals surface area contributed by atoms with Crippen LogP contribution in [0.25, 0.3) is 0 Å². The number of fused-ring (bicyclic) bond motifs is 1. The zero-order valence-corrected chi connectivity index (χ0v) is 13.8. The van der Waals surface area contributed by atoms with Gasteiger partial charge in [0, 0.05) is 31.0 Å². The summed E-state index contributed by atoms with van der Waals surface area (Å²) in [4.78, 5) is 14.8. The first-order valence-electron chi connectivity index (χ1n) is 7.72. The Labute approximate surface area is 131 Å². The third kappa shape index (κ3) is 2.65. The van der Waals surface area contributed by atoms with Crippen LogP contribution in [-0.2, 0) is 31.2 Å². The van der Waals surface area contributed by atoms with Crippen LogP contribution in [0.2, 0.25) is 0 Å². The van der Waals surface area contributed by atoms with Crippen LogP contribution in [0.4, 0.5) is 0 Å². The zero-order chi connectivity index (χ0) is 15.9. The van der Waals surface area contributed by atoms with E-state index in [0.717, 1.165) is 12.1 Å². The molecule has 116 valence electrons. The third-order valence-electron chi connectivity index (χ3n) is 4.60. The summed E-state index contributed by atoms with van der Waals surface area (Å²) < 4.78 is 1.77. The first-order chi connectivity index (χ1) is 10.4. The number of hydrogen-bond donors (Lipinski definition) is 0. The molecule has 3 rings (SSSR count). The van der Waals surface area contributed by atoms with Crippen LogP contribution in [0.1, 0.15) is 36.2 Å². The predicted molar refractivity (Wildman–Crippen MR) is 86.4 cm³/mol. The van der Waals surface area contributed by atoms with Crippen LogP contribution >= 0.6 is 0 Å². The highest BCUT2D eigenvalue weighted by molar-refractivity contribution is 5.79. The van der Waals surface area contributed by atoms with Gasteiger partial charge < -0.3 is 4.90 Å². The lowest BCUT2D eigenvalue weighted by molar-refractivity contribution is -0.137. The molecule has 1 amide bonds. The fraction of sp³-hybridized carbons (Fsp3) is 0.444. The molecule has 4 nitrogen and oxygen atoms in total. The number of aromatic nitrogens is 2. The van der Waals surface area contributed by atoms with E-state index in [9.17, 15) is 4.79 Å². The number of carbonyl (C=O) groups excluding carboxylic acids is 1. The highest BCUT2D eigenvalue weighted by atomic mass is 16.2. The zero-order valence-electron chi connectivity index (χ0n) is 13.8. The van der Waals surface area contributed by atoms with Crippen molar-refractivity contribution in [2.45, 2.75) is 45.7 Å². The van der Waals surface area contributed by atoms with Gasteiger partial charge in [0.15, 0.2) is 0 Å². The molecule has 1 aliphatic rings. The minimum atomic E-state index is -0.155. The number of nitrogens with zero attached hydrogens (tertiary/aromatic N) is 3. The Morgan fingerprint density at radius 1 is 1.27 bits per heavy atom. The van der Waals surface area contributed by atoms with E-state index in [2.05, 4.69) is 44.1 Å². The molecule has 1 aromatic carbocycles. The molecule has 22 heavy (non-hydrogen) atoms. The second kappa shape index (κ2) is 5.27. The molecule has 1 aromatic heterocycles. The minimum Gasteiger partial charge on any atom is -0.333 e. The third-order valence-corrected chi connectivity index (χ3v) is 4.60.